The summed E-state index contributed by atoms with van der Waals surface area (Å²) in [6.45, 7) is 2.10. The molecule has 3 aromatic rings. The molecule has 172 valence electrons. The van der Waals surface area contributed by atoms with Crippen LogP contribution in [0, 0.1) is 0 Å². The van der Waals surface area contributed by atoms with Gasteiger partial charge in [-0.2, -0.15) is 13.5 Å². The smallest absolute Gasteiger partial charge is 0.276 e. The van der Waals surface area contributed by atoms with Gasteiger partial charge in [0.25, 0.3) is 15.9 Å². The lowest BCUT2D eigenvalue weighted by atomic mass is 10.1. The highest BCUT2D eigenvalue weighted by molar-refractivity contribution is 7.89. The average Bonchev–Trinajstić information content (AvgIpc) is 2.83. The van der Waals surface area contributed by atoms with Crippen molar-refractivity contribution in [2.75, 3.05) is 7.11 Å². The van der Waals surface area contributed by atoms with Crippen molar-refractivity contribution in [3.63, 3.8) is 0 Å². The molecule has 33 heavy (non-hydrogen) atoms. The van der Waals surface area contributed by atoms with Crippen LogP contribution in [-0.2, 0) is 23.1 Å². The van der Waals surface area contributed by atoms with Crippen LogP contribution in [0.5, 0.6) is 11.5 Å². The summed E-state index contributed by atoms with van der Waals surface area (Å²) in [5.41, 5.74) is 8.02. The Morgan fingerprint density at radius 3 is 2.45 bits per heavy atom. The van der Waals surface area contributed by atoms with Crippen molar-refractivity contribution < 1.29 is 22.7 Å². The number of aryl methyl sites for hydroxylation is 1. The second kappa shape index (κ2) is 10.6. The monoisotopic (exact) mass is 467 g/mol. The summed E-state index contributed by atoms with van der Waals surface area (Å²) in [6.07, 6.45) is 2.21. The van der Waals surface area contributed by atoms with Crippen molar-refractivity contribution in [1.29, 1.82) is 0 Å². The molecule has 0 saturated carbocycles. The minimum absolute atomic E-state index is 0.102. The first-order valence-electron chi connectivity index (χ1n) is 10.2. The Labute approximate surface area is 193 Å². The molecule has 0 aliphatic rings. The first kappa shape index (κ1) is 23.8. The van der Waals surface area contributed by atoms with Crippen LogP contribution in [-0.4, -0.2) is 27.6 Å². The van der Waals surface area contributed by atoms with Gasteiger partial charge < -0.3 is 15.2 Å². The molecule has 0 aromatic heterocycles. The maximum absolute atomic E-state index is 12.4. The van der Waals surface area contributed by atoms with Crippen LogP contribution in [0.2, 0.25) is 0 Å². The zero-order valence-corrected chi connectivity index (χ0v) is 19.1. The Balaban J connectivity index is 1.73. The number of amides is 1. The van der Waals surface area contributed by atoms with Crippen LogP contribution in [0.1, 0.15) is 34.0 Å². The van der Waals surface area contributed by atoms with E-state index >= 15 is 0 Å². The molecular formula is C24H25N3O5S. The number of carbonyl (C=O) groups excluding carboxylic acids is 1. The van der Waals surface area contributed by atoms with Crippen LogP contribution in [0.15, 0.2) is 76.7 Å². The summed E-state index contributed by atoms with van der Waals surface area (Å²) < 4.78 is 36.0. The van der Waals surface area contributed by atoms with E-state index < -0.39 is 15.9 Å². The largest absolute Gasteiger partial charge is 0.496 e. The molecule has 0 aliphatic heterocycles. The number of nitrogens with zero attached hydrogens (tertiary/aromatic N) is 1. The normalized spacial score (nSPS) is 11.3. The van der Waals surface area contributed by atoms with Gasteiger partial charge in [-0.15, -0.1) is 0 Å². The van der Waals surface area contributed by atoms with E-state index in [2.05, 4.69) is 9.93 Å². The van der Waals surface area contributed by atoms with Crippen LogP contribution >= 0.6 is 0 Å². The topological polar surface area (TPSA) is 120 Å². The fraction of sp³-hybridized carbons (Fsp3) is 0.167. The van der Waals surface area contributed by atoms with Crippen LogP contribution in [0.25, 0.3) is 0 Å². The van der Waals surface area contributed by atoms with Gasteiger partial charge in [0.2, 0.25) is 0 Å². The fourth-order valence-electron chi connectivity index (χ4n) is 3.07. The van der Waals surface area contributed by atoms with Gasteiger partial charge in [-0.25, -0.2) is 4.83 Å². The number of carbonyl (C=O) groups is 1. The third-order valence-corrected chi connectivity index (χ3v) is 6.11. The lowest BCUT2D eigenvalue weighted by molar-refractivity contribution is 0.0996. The van der Waals surface area contributed by atoms with E-state index in [0.717, 1.165) is 12.0 Å². The summed E-state index contributed by atoms with van der Waals surface area (Å²) in [4.78, 5) is 13.9. The van der Waals surface area contributed by atoms with Crippen molar-refractivity contribution in [3.8, 4) is 11.5 Å². The first-order valence-corrected chi connectivity index (χ1v) is 11.6. The molecule has 0 fully saturated rings. The Bertz CT molecular complexity index is 1260. The Kier molecular flexibility index (Phi) is 7.68. The third-order valence-electron chi connectivity index (χ3n) is 4.87. The van der Waals surface area contributed by atoms with Gasteiger partial charge in [-0.3, -0.25) is 4.79 Å². The minimum atomic E-state index is -3.78. The highest BCUT2D eigenvalue weighted by Crippen LogP contribution is 2.24. The standard InChI is InChI=1S/C24H25N3O5S/c1-3-17-8-11-20(12-9-17)33(29,30)27-26-15-18-10-13-22(31-2)19(14-18)16-32-23-7-5-4-6-21(23)24(25)28/h4-15,27H,3,16H2,1-2H3,(H2,25,28)/b26-15+. The van der Waals surface area contributed by atoms with Crippen LogP contribution < -0.4 is 20.0 Å². The van der Waals surface area contributed by atoms with Crippen molar-refractivity contribution in [1.82, 2.24) is 4.83 Å². The van der Waals surface area contributed by atoms with Crippen molar-refractivity contribution in [2.24, 2.45) is 10.8 Å². The molecule has 9 heteroatoms. The summed E-state index contributed by atoms with van der Waals surface area (Å²) >= 11 is 0. The number of rotatable bonds is 10. The number of nitrogens with two attached hydrogens (primary N) is 1. The molecule has 3 aromatic carbocycles. The average molecular weight is 468 g/mol. The van der Waals surface area contributed by atoms with Gasteiger partial charge in [0.1, 0.15) is 18.1 Å². The zero-order valence-electron chi connectivity index (χ0n) is 18.3. The summed E-state index contributed by atoms with van der Waals surface area (Å²) in [6, 6.07) is 18.5. The molecule has 0 saturated heterocycles. The molecule has 3 N–H and O–H groups in total. The number of nitrogens with one attached hydrogen (secondary N) is 1. The van der Waals surface area contributed by atoms with E-state index in [4.69, 9.17) is 15.2 Å². The molecule has 0 heterocycles. The highest BCUT2D eigenvalue weighted by atomic mass is 32.2. The van der Waals surface area contributed by atoms with E-state index in [-0.39, 0.29) is 17.1 Å². The highest BCUT2D eigenvalue weighted by Gasteiger charge is 2.13. The summed E-state index contributed by atoms with van der Waals surface area (Å²) in [5, 5.41) is 3.88. The SMILES string of the molecule is CCc1ccc(S(=O)(=O)N/N=C/c2ccc(OC)c(COc3ccccc3C(N)=O)c2)cc1. The predicted molar refractivity (Wildman–Crippen MR) is 126 cm³/mol. The van der Waals surface area contributed by atoms with Gasteiger partial charge in [-0.1, -0.05) is 31.2 Å². The second-order valence-electron chi connectivity index (χ2n) is 7.07. The number of hydrogen-bond donors (Lipinski definition) is 2. The molecule has 0 aliphatic carbocycles. The minimum Gasteiger partial charge on any atom is -0.496 e. The number of ether oxygens (including phenoxy) is 2. The summed E-state index contributed by atoms with van der Waals surface area (Å²) in [5.74, 6) is 0.336. The van der Waals surface area contributed by atoms with Gasteiger partial charge in [0.15, 0.2) is 0 Å². The lowest BCUT2D eigenvalue weighted by Gasteiger charge is -2.13. The predicted octanol–water partition coefficient (Wildman–Crippen LogP) is 3.25. The van der Waals surface area contributed by atoms with Gasteiger partial charge in [-0.05, 0) is 60.0 Å². The Hall–Kier alpha value is -3.85. The number of benzene rings is 3. The molecular weight excluding hydrogens is 442 g/mol. The number of sulfonamides is 1. The molecule has 8 nitrogen and oxygen atoms in total. The molecule has 0 bridgehead atoms. The van der Waals surface area contributed by atoms with Gasteiger partial charge in [0.05, 0.1) is 23.8 Å². The molecule has 0 radical (unpaired) electrons. The van der Waals surface area contributed by atoms with E-state index in [1.807, 2.05) is 6.92 Å². The maximum atomic E-state index is 12.4. The van der Waals surface area contributed by atoms with E-state index in [1.54, 1.807) is 66.7 Å². The molecule has 0 unspecified atom stereocenters. The molecule has 0 atom stereocenters. The van der Waals surface area contributed by atoms with Crippen molar-refractivity contribution >= 4 is 22.1 Å². The van der Waals surface area contributed by atoms with E-state index in [1.165, 1.54) is 13.3 Å². The Morgan fingerprint density at radius 2 is 1.79 bits per heavy atom. The molecule has 3 rings (SSSR count). The number of para-hydroxylation sites is 1. The van der Waals surface area contributed by atoms with Crippen LogP contribution in [0.3, 0.4) is 0 Å². The Morgan fingerprint density at radius 1 is 1.06 bits per heavy atom. The first-order chi connectivity index (χ1) is 15.8. The number of methoxy groups -OCH3 is 1. The maximum Gasteiger partial charge on any atom is 0.276 e. The quantitative estimate of drug-likeness (QED) is 0.350. The number of hydrogen-bond acceptors (Lipinski definition) is 6. The van der Waals surface area contributed by atoms with Crippen molar-refractivity contribution in [2.45, 2.75) is 24.8 Å². The fourth-order valence-corrected chi connectivity index (χ4v) is 3.86. The van der Waals surface area contributed by atoms with Crippen molar-refractivity contribution in [3.05, 3.63) is 89.0 Å². The second-order valence-corrected chi connectivity index (χ2v) is 8.73. The van der Waals surface area contributed by atoms with E-state index in [0.29, 0.717) is 22.6 Å². The van der Waals surface area contributed by atoms with Gasteiger partial charge in [0, 0.05) is 5.56 Å². The van der Waals surface area contributed by atoms with Gasteiger partial charge >= 0.3 is 0 Å². The number of primary amides is 1. The van der Waals surface area contributed by atoms with E-state index in [9.17, 15) is 13.2 Å². The zero-order chi connectivity index (χ0) is 23.8. The number of hydrazone groups is 1. The third kappa shape index (κ3) is 6.11. The molecule has 1 amide bonds. The lowest BCUT2D eigenvalue weighted by Crippen LogP contribution is -2.18. The summed E-state index contributed by atoms with van der Waals surface area (Å²) in [7, 11) is -2.25. The molecule has 0 spiro atoms. The van der Waals surface area contributed by atoms with Crippen LogP contribution in [0.4, 0.5) is 0 Å².